The van der Waals surface area contributed by atoms with Crippen LogP contribution in [-0.2, 0) is 0 Å². The largest absolute Gasteiger partial charge is 0.336 e. The Morgan fingerprint density at radius 1 is 1.36 bits per heavy atom. The van der Waals surface area contributed by atoms with E-state index in [9.17, 15) is 4.39 Å². The van der Waals surface area contributed by atoms with Gasteiger partial charge in [0.25, 0.3) is 5.89 Å². The lowest BCUT2D eigenvalue weighted by Crippen LogP contribution is -2.44. The van der Waals surface area contributed by atoms with Gasteiger partial charge in [0.05, 0.1) is 11.8 Å². The van der Waals surface area contributed by atoms with E-state index in [1.54, 1.807) is 10.7 Å². The summed E-state index contributed by atoms with van der Waals surface area (Å²) in [5, 5.41) is 11.2. The summed E-state index contributed by atoms with van der Waals surface area (Å²) in [6.07, 6.45) is 0.391. The molecule has 1 unspecified atom stereocenters. The summed E-state index contributed by atoms with van der Waals surface area (Å²) < 4.78 is 21.0. The first-order valence-corrected chi connectivity index (χ1v) is 7.14. The molecule has 4 rings (SSSR count). The smallest absolute Gasteiger partial charge is 0.261 e. The number of fused-ring (bicyclic) bond motifs is 1. The molecule has 0 saturated carbocycles. The molecule has 8 heteroatoms. The standard InChI is InChI=1S/C14H15FN6O/c1-7-3-8(2)21-13(18-7)10(6-17-21)12-19-14(22-20-12)11(15)9-4-16-5-9/h3,6,9,11,16H,4-5H2,1-2H3. The Bertz CT molecular complexity index is 837. The molecule has 1 aliphatic rings. The monoisotopic (exact) mass is 302 g/mol. The zero-order valence-electron chi connectivity index (χ0n) is 12.2. The lowest BCUT2D eigenvalue weighted by Gasteiger charge is -2.27. The molecule has 1 aliphatic heterocycles. The maximum absolute atomic E-state index is 14.2. The quantitative estimate of drug-likeness (QED) is 0.792. The maximum Gasteiger partial charge on any atom is 0.261 e. The van der Waals surface area contributed by atoms with Crippen molar-refractivity contribution in [2.75, 3.05) is 13.1 Å². The van der Waals surface area contributed by atoms with Crippen LogP contribution in [0.25, 0.3) is 17.0 Å². The van der Waals surface area contributed by atoms with E-state index >= 15 is 0 Å². The Labute approximate surface area is 125 Å². The number of nitrogens with zero attached hydrogens (tertiary/aromatic N) is 5. The average molecular weight is 302 g/mol. The SMILES string of the molecule is Cc1cc(C)n2ncc(-c3noc(C(F)C4CNC4)n3)c2n1. The molecular formula is C14H15FN6O. The van der Waals surface area contributed by atoms with Crippen molar-refractivity contribution >= 4 is 5.65 Å². The second-order valence-electron chi connectivity index (χ2n) is 5.61. The van der Waals surface area contributed by atoms with E-state index in [-0.39, 0.29) is 11.8 Å². The second kappa shape index (κ2) is 4.84. The molecule has 1 fully saturated rings. The Kier molecular flexibility index (Phi) is 2.93. The minimum Gasteiger partial charge on any atom is -0.336 e. The van der Waals surface area contributed by atoms with Gasteiger partial charge in [-0.3, -0.25) is 0 Å². The number of hydrogen-bond acceptors (Lipinski definition) is 6. The van der Waals surface area contributed by atoms with Crippen LogP contribution in [0.1, 0.15) is 23.5 Å². The lowest BCUT2D eigenvalue weighted by atomic mass is 9.97. The lowest BCUT2D eigenvalue weighted by molar-refractivity contribution is 0.133. The highest BCUT2D eigenvalue weighted by Gasteiger charge is 2.32. The molecule has 7 nitrogen and oxygen atoms in total. The van der Waals surface area contributed by atoms with Crippen LogP contribution in [0.5, 0.6) is 0 Å². The maximum atomic E-state index is 14.2. The van der Waals surface area contributed by atoms with Gasteiger partial charge >= 0.3 is 0 Å². The number of rotatable bonds is 3. The second-order valence-corrected chi connectivity index (χ2v) is 5.61. The van der Waals surface area contributed by atoms with Crippen LogP contribution in [0, 0.1) is 19.8 Å². The fraction of sp³-hybridized carbons (Fsp3) is 0.429. The van der Waals surface area contributed by atoms with Crippen LogP contribution >= 0.6 is 0 Å². The van der Waals surface area contributed by atoms with Crippen molar-refractivity contribution in [3.05, 3.63) is 29.5 Å². The third-order valence-electron chi connectivity index (χ3n) is 3.92. The summed E-state index contributed by atoms with van der Waals surface area (Å²) in [6, 6.07) is 1.94. The number of hydrogen-bond donors (Lipinski definition) is 1. The van der Waals surface area contributed by atoms with Gasteiger partial charge in [-0.1, -0.05) is 5.16 Å². The molecule has 1 atom stereocenters. The van der Waals surface area contributed by atoms with E-state index in [0.29, 0.717) is 30.1 Å². The highest BCUT2D eigenvalue weighted by atomic mass is 19.1. The van der Waals surface area contributed by atoms with E-state index in [1.165, 1.54) is 0 Å². The number of aryl methyl sites for hydroxylation is 2. The van der Waals surface area contributed by atoms with Crippen molar-refractivity contribution in [1.82, 2.24) is 30.1 Å². The summed E-state index contributed by atoms with van der Waals surface area (Å²) in [5.41, 5.74) is 3.12. The van der Waals surface area contributed by atoms with Crippen molar-refractivity contribution in [2.45, 2.75) is 20.0 Å². The molecule has 4 heterocycles. The molecule has 0 aliphatic carbocycles. The van der Waals surface area contributed by atoms with Crippen molar-refractivity contribution in [3.8, 4) is 11.4 Å². The van der Waals surface area contributed by atoms with Crippen molar-refractivity contribution in [2.24, 2.45) is 5.92 Å². The van der Waals surface area contributed by atoms with Gasteiger partial charge in [-0.15, -0.1) is 0 Å². The van der Waals surface area contributed by atoms with Gasteiger partial charge in [-0.2, -0.15) is 10.1 Å². The zero-order chi connectivity index (χ0) is 15.3. The van der Waals surface area contributed by atoms with Gasteiger partial charge in [0.1, 0.15) is 0 Å². The molecular weight excluding hydrogens is 287 g/mol. The Morgan fingerprint density at radius 3 is 2.91 bits per heavy atom. The van der Waals surface area contributed by atoms with Crippen LogP contribution in [-0.4, -0.2) is 37.8 Å². The number of nitrogens with one attached hydrogen (secondary N) is 1. The molecule has 114 valence electrons. The van der Waals surface area contributed by atoms with Gasteiger partial charge in [0.2, 0.25) is 5.82 Å². The van der Waals surface area contributed by atoms with Crippen LogP contribution in [0.2, 0.25) is 0 Å². The van der Waals surface area contributed by atoms with Crippen LogP contribution < -0.4 is 5.32 Å². The van der Waals surface area contributed by atoms with Gasteiger partial charge in [-0.05, 0) is 19.9 Å². The highest BCUT2D eigenvalue weighted by Crippen LogP contribution is 2.30. The highest BCUT2D eigenvalue weighted by molar-refractivity contribution is 5.72. The van der Waals surface area contributed by atoms with Crippen LogP contribution in [0.3, 0.4) is 0 Å². The van der Waals surface area contributed by atoms with E-state index in [1.807, 2.05) is 19.9 Å². The van der Waals surface area contributed by atoms with E-state index < -0.39 is 6.17 Å². The molecule has 22 heavy (non-hydrogen) atoms. The average Bonchev–Trinajstić information content (AvgIpc) is 3.01. The molecule has 0 amide bonds. The van der Waals surface area contributed by atoms with E-state index in [4.69, 9.17) is 4.52 Å². The zero-order valence-corrected chi connectivity index (χ0v) is 12.2. The number of alkyl halides is 1. The van der Waals surface area contributed by atoms with Crippen LogP contribution in [0.4, 0.5) is 4.39 Å². The van der Waals surface area contributed by atoms with Crippen LogP contribution in [0.15, 0.2) is 16.8 Å². The minimum atomic E-state index is -1.24. The van der Waals surface area contributed by atoms with Gasteiger partial charge < -0.3 is 9.84 Å². The van der Waals surface area contributed by atoms with Gasteiger partial charge in [-0.25, -0.2) is 13.9 Å². The fourth-order valence-electron chi connectivity index (χ4n) is 2.60. The number of halogens is 1. The Balaban J connectivity index is 1.74. The molecule has 1 saturated heterocycles. The Morgan fingerprint density at radius 2 is 2.18 bits per heavy atom. The number of aromatic nitrogens is 5. The fourth-order valence-corrected chi connectivity index (χ4v) is 2.60. The molecule has 0 aromatic carbocycles. The first kappa shape index (κ1) is 13.3. The minimum absolute atomic E-state index is 0.0187. The molecule has 3 aromatic heterocycles. The Hall–Kier alpha value is -2.35. The summed E-state index contributed by atoms with van der Waals surface area (Å²) in [4.78, 5) is 8.66. The predicted molar refractivity (Wildman–Crippen MR) is 76.0 cm³/mol. The van der Waals surface area contributed by atoms with Gasteiger partial charge in [0.15, 0.2) is 11.8 Å². The molecule has 0 radical (unpaired) electrons. The summed E-state index contributed by atoms with van der Waals surface area (Å²) in [7, 11) is 0. The molecule has 1 N–H and O–H groups in total. The van der Waals surface area contributed by atoms with E-state index in [0.717, 1.165) is 11.4 Å². The summed E-state index contributed by atoms with van der Waals surface area (Å²) in [5.74, 6) is 0.238. The van der Waals surface area contributed by atoms with Gasteiger partial charge in [0, 0.05) is 30.4 Å². The predicted octanol–water partition coefficient (Wildman–Crippen LogP) is 1.63. The first-order chi connectivity index (χ1) is 10.6. The van der Waals surface area contributed by atoms with Crippen molar-refractivity contribution < 1.29 is 8.91 Å². The third kappa shape index (κ3) is 1.98. The normalized spacial score (nSPS) is 16.9. The van der Waals surface area contributed by atoms with Crippen molar-refractivity contribution in [1.29, 1.82) is 0 Å². The van der Waals surface area contributed by atoms with E-state index in [2.05, 4.69) is 25.5 Å². The molecule has 3 aromatic rings. The topological polar surface area (TPSA) is 81.1 Å². The summed E-state index contributed by atoms with van der Waals surface area (Å²) >= 11 is 0. The van der Waals surface area contributed by atoms with Crippen molar-refractivity contribution in [3.63, 3.8) is 0 Å². The molecule has 0 bridgehead atoms. The summed E-state index contributed by atoms with van der Waals surface area (Å²) in [6.45, 7) is 5.12. The molecule has 0 spiro atoms. The third-order valence-corrected chi connectivity index (χ3v) is 3.92. The first-order valence-electron chi connectivity index (χ1n) is 7.14.